The maximum Gasteiger partial charge on any atom is 0.248 e. The van der Waals surface area contributed by atoms with Crippen LogP contribution in [-0.4, -0.2) is 52.3 Å². The van der Waals surface area contributed by atoms with Crippen molar-refractivity contribution in [2.45, 2.75) is 44.1 Å². The molecule has 2 saturated heterocycles. The average Bonchev–Trinajstić information content (AvgIpc) is 3.22. The molecule has 0 bridgehead atoms. The molecule has 0 aliphatic carbocycles. The molecule has 5 nitrogen and oxygen atoms in total. The molecule has 0 N–H and O–H groups in total. The summed E-state index contributed by atoms with van der Waals surface area (Å²) in [7, 11) is 1.85. The van der Waals surface area contributed by atoms with Gasteiger partial charge in [0.15, 0.2) is 0 Å². The van der Waals surface area contributed by atoms with Gasteiger partial charge in [-0.05, 0) is 37.8 Å². The fraction of sp³-hybridized carbons (Fsp3) is 0.526. The van der Waals surface area contributed by atoms with Crippen LogP contribution in [0, 0.1) is 0 Å². The molecule has 0 saturated carbocycles. The first-order valence-corrected chi connectivity index (χ1v) is 9.82. The van der Waals surface area contributed by atoms with Gasteiger partial charge in [-0.1, -0.05) is 12.1 Å². The van der Waals surface area contributed by atoms with Gasteiger partial charge in [0.05, 0.1) is 15.2 Å². The molecule has 2 amide bonds. The molecule has 1 spiro atoms. The third kappa shape index (κ3) is 2.82. The fourth-order valence-electron chi connectivity index (χ4n) is 4.27. The average molecular weight is 357 g/mol. The van der Waals surface area contributed by atoms with Crippen LogP contribution in [0.3, 0.4) is 0 Å². The summed E-state index contributed by atoms with van der Waals surface area (Å²) in [6, 6.07) is 8.05. The number of amides is 2. The Kier molecular flexibility index (Phi) is 4.23. The highest BCUT2D eigenvalue weighted by molar-refractivity contribution is 7.18. The number of rotatable bonds is 3. The van der Waals surface area contributed by atoms with Crippen LogP contribution in [0.15, 0.2) is 24.3 Å². The number of nitrogens with zero attached hydrogens (tertiary/aromatic N) is 3. The van der Waals surface area contributed by atoms with Gasteiger partial charge in [-0.2, -0.15) is 0 Å². The summed E-state index contributed by atoms with van der Waals surface area (Å²) in [5, 5.41) is 0.995. The number of aromatic nitrogens is 1. The zero-order valence-corrected chi connectivity index (χ0v) is 15.3. The van der Waals surface area contributed by atoms with Crippen LogP contribution in [-0.2, 0) is 16.0 Å². The van der Waals surface area contributed by atoms with E-state index in [1.165, 1.54) is 0 Å². The molecular formula is C19H23N3O2S. The van der Waals surface area contributed by atoms with Crippen molar-refractivity contribution in [3.8, 4) is 0 Å². The lowest BCUT2D eigenvalue weighted by Gasteiger charge is -2.43. The normalized spacial score (nSPS) is 23.8. The first kappa shape index (κ1) is 16.5. The number of thiazole rings is 1. The number of aryl methyl sites for hydroxylation is 1. The lowest BCUT2D eigenvalue weighted by molar-refractivity contribution is -0.154. The number of carbonyl (C=O) groups is 2. The number of piperidine rings is 1. The van der Waals surface area contributed by atoms with Crippen molar-refractivity contribution in [1.29, 1.82) is 0 Å². The second kappa shape index (κ2) is 6.41. The first-order chi connectivity index (χ1) is 12.1. The predicted molar refractivity (Wildman–Crippen MR) is 98.5 cm³/mol. The quantitative estimate of drug-likeness (QED) is 0.849. The van der Waals surface area contributed by atoms with E-state index in [1.54, 1.807) is 16.2 Å². The minimum Gasteiger partial charge on any atom is -0.344 e. The summed E-state index contributed by atoms with van der Waals surface area (Å²) in [5.41, 5.74) is 0.425. The summed E-state index contributed by atoms with van der Waals surface area (Å²) >= 11 is 1.65. The van der Waals surface area contributed by atoms with Gasteiger partial charge >= 0.3 is 0 Å². The zero-order valence-electron chi connectivity index (χ0n) is 14.5. The SMILES string of the molecule is CN1CCCC2(CCCN2C(=O)CCc2nc3ccccc3s2)C1=O. The van der Waals surface area contributed by atoms with Crippen LogP contribution in [0.25, 0.3) is 10.2 Å². The summed E-state index contributed by atoms with van der Waals surface area (Å²) in [6.45, 7) is 1.51. The maximum absolute atomic E-state index is 12.9. The molecule has 2 aromatic rings. The van der Waals surface area contributed by atoms with Crippen LogP contribution in [0.4, 0.5) is 0 Å². The van der Waals surface area contributed by atoms with Gasteiger partial charge in [0.25, 0.3) is 0 Å². The number of para-hydroxylation sites is 1. The summed E-state index contributed by atoms with van der Waals surface area (Å²) in [4.78, 5) is 34.0. The van der Waals surface area contributed by atoms with E-state index in [0.717, 1.165) is 47.5 Å². The van der Waals surface area contributed by atoms with Crippen molar-refractivity contribution in [2.75, 3.05) is 20.1 Å². The van der Waals surface area contributed by atoms with E-state index < -0.39 is 5.54 Å². The molecule has 132 valence electrons. The molecule has 1 atom stereocenters. The third-order valence-electron chi connectivity index (χ3n) is 5.51. The maximum atomic E-state index is 12.9. The first-order valence-electron chi connectivity index (χ1n) is 9.01. The van der Waals surface area contributed by atoms with Crippen molar-refractivity contribution in [3.05, 3.63) is 29.3 Å². The van der Waals surface area contributed by atoms with E-state index in [2.05, 4.69) is 11.1 Å². The monoisotopic (exact) mass is 357 g/mol. The van der Waals surface area contributed by atoms with Crippen LogP contribution >= 0.6 is 11.3 Å². The molecule has 1 unspecified atom stereocenters. The molecule has 1 aromatic carbocycles. The van der Waals surface area contributed by atoms with Crippen molar-refractivity contribution in [3.63, 3.8) is 0 Å². The molecule has 0 radical (unpaired) electrons. The van der Waals surface area contributed by atoms with Crippen molar-refractivity contribution in [1.82, 2.24) is 14.8 Å². The number of fused-ring (bicyclic) bond motifs is 1. The van der Waals surface area contributed by atoms with E-state index in [9.17, 15) is 9.59 Å². The lowest BCUT2D eigenvalue weighted by atomic mass is 9.85. The molecule has 25 heavy (non-hydrogen) atoms. The van der Waals surface area contributed by atoms with E-state index >= 15 is 0 Å². The Bertz CT molecular complexity index is 785. The second-order valence-corrected chi connectivity index (χ2v) is 8.20. The van der Waals surface area contributed by atoms with E-state index in [1.807, 2.05) is 30.1 Å². The van der Waals surface area contributed by atoms with Crippen molar-refractivity contribution in [2.24, 2.45) is 0 Å². The zero-order chi connectivity index (χ0) is 17.4. The van der Waals surface area contributed by atoms with Crippen molar-refractivity contribution >= 4 is 33.4 Å². The van der Waals surface area contributed by atoms with Gasteiger partial charge in [-0.15, -0.1) is 11.3 Å². The minimum atomic E-state index is -0.572. The topological polar surface area (TPSA) is 53.5 Å². The van der Waals surface area contributed by atoms with Crippen LogP contribution in [0.5, 0.6) is 0 Å². The molecule has 2 aliphatic heterocycles. The molecule has 6 heteroatoms. The highest BCUT2D eigenvalue weighted by Crippen LogP contribution is 2.38. The Hall–Kier alpha value is -1.95. The highest BCUT2D eigenvalue weighted by atomic mass is 32.1. The molecule has 1 aromatic heterocycles. The second-order valence-electron chi connectivity index (χ2n) is 7.09. The van der Waals surface area contributed by atoms with E-state index in [0.29, 0.717) is 19.4 Å². The smallest absolute Gasteiger partial charge is 0.248 e. The van der Waals surface area contributed by atoms with E-state index in [-0.39, 0.29) is 11.8 Å². The Morgan fingerprint density at radius 2 is 2.00 bits per heavy atom. The summed E-state index contributed by atoms with van der Waals surface area (Å²) in [6.07, 6.45) is 4.59. The summed E-state index contributed by atoms with van der Waals surface area (Å²) < 4.78 is 1.16. The summed E-state index contributed by atoms with van der Waals surface area (Å²) in [5.74, 6) is 0.227. The van der Waals surface area contributed by atoms with Crippen LogP contribution in [0.2, 0.25) is 0 Å². The third-order valence-corrected chi connectivity index (χ3v) is 6.61. The van der Waals surface area contributed by atoms with Gasteiger partial charge < -0.3 is 9.80 Å². The Labute approximate surface area is 151 Å². The van der Waals surface area contributed by atoms with Gasteiger partial charge in [-0.3, -0.25) is 9.59 Å². The molecular weight excluding hydrogens is 334 g/mol. The minimum absolute atomic E-state index is 0.0976. The number of likely N-dealkylation sites (N-methyl/N-ethyl adjacent to an activating group) is 1. The largest absolute Gasteiger partial charge is 0.344 e. The number of hydrogen-bond donors (Lipinski definition) is 0. The molecule has 2 aliphatic rings. The van der Waals surface area contributed by atoms with Gasteiger partial charge in [0.1, 0.15) is 5.54 Å². The van der Waals surface area contributed by atoms with Gasteiger partial charge in [0, 0.05) is 33.0 Å². The Balaban J connectivity index is 1.47. The van der Waals surface area contributed by atoms with Crippen LogP contribution < -0.4 is 0 Å². The Morgan fingerprint density at radius 3 is 2.80 bits per heavy atom. The van der Waals surface area contributed by atoms with E-state index in [4.69, 9.17) is 0 Å². The highest BCUT2D eigenvalue weighted by Gasteiger charge is 2.51. The number of likely N-dealkylation sites (tertiary alicyclic amines) is 2. The molecule has 3 heterocycles. The lowest BCUT2D eigenvalue weighted by Crippen LogP contribution is -2.60. The molecule has 4 rings (SSSR count). The van der Waals surface area contributed by atoms with Crippen molar-refractivity contribution < 1.29 is 9.59 Å². The van der Waals surface area contributed by atoms with Crippen LogP contribution in [0.1, 0.15) is 37.1 Å². The Morgan fingerprint density at radius 1 is 1.24 bits per heavy atom. The number of carbonyl (C=O) groups excluding carboxylic acids is 2. The fourth-order valence-corrected chi connectivity index (χ4v) is 5.24. The predicted octanol–water partition coefficient (Wildman–Crippen LogP) is 2.84. The van der Waals surface area contributed by atoms with Gasteiger partial charge in [-0.25, -0.2) is 4.98 Å². The number of hydrogen-bond acceptors (Lipinski definition) is 4. The molecule has 2 fully saturated rings. The standard InChI is InChI=1S/C19H23N3O2S/c1-21-12-4-10-19(18(21)24)11-5-13-22(19)17(23)9-8-16-20-14-6-2-3-7-15(14)25-16/h2-3,6-7H,4-5,8-13H2,1H3. The van der Waals surface area contributed by atoms with Gasteiger partial charge in [0.2, 0.25) is 11.8 Å². The number of benzene rings is 1.